The molecular formula is C77H73BN6O. The Morgan fingerprint density at radius 3 is 1.36 bits per heavy atom. The third-order valence-corrected chi connectivity index (χ3v) is 17.6. The molecule has 9 aromatic carbocycles. The van der Waals surface area contributed by atoms with Gasteiger partial charge in [-0.15, -0.1) is 0 Å². The number of para-hydroxylation sites is 3. The molecule has 0 aliphatic carbocycles. The van der Waals surface area contributed by atoms with Crippen molar-refractivity contribution in [3.8, 4) is 0 Å². The number of pyridine rings is 1. The van der Waals surface area contributed by atoms with Gasteiger partial charge in [-0.05, 0) is 158 Å². The predicted octanol–water partition coefficient (Wildman–Crippen LogP) is 19.4. The minimum atomic E-state index is -0.253. The summed E-state index contributed by atoms with van der Waals surface area (Å²) in [6.07, 6.45) is 2.23. The Bertz CT molecular complexity index is 4400. The van der Waals surface area contributed by atoms with Gasteiger partial charge < -0.3 is 19.1 Å². The Morgan fingerprint density at radius 1 is 0.388 bits per heavy atom. The van der Waals surface area contributed by atoms with E-state index in [1.807, 2.05) is 0 Å². The highest BCUT2D eigenvalue weighted by molar-refractivity contribution is 7.00. The van der Waals surface area contributed by atoms with E-state index in [0.29, 0.717) is 0 Å². The SMILES string of the molecule is CC(C)(C)c1ccc(N(c2ccc(C(C)(C)C)cc2)c2ccc3c(c2)N(c2cccc4c2oc2ccccc24)c2cccc4c2B3c2nc3cc(N(c5ccc(C(C)(C)C)cc5)c5ccc(C(C)(C)C)cc5)ccn3c2N4c2ccccc2)cc1. The summed E-state index contributed by atoms with van der Waals surface area (Å²) in [5, 5.41) is 2.17. The number of benzene rings is 9. The van der Waals surface area contributed by atoms with Crippen LogP contribution in [0.5, 0.6) is 0 Å². The van der Waals surface area contributed by atoms with Crippen LogP contribution in [0.4, 0.5) is 68.4 Å². The Morgan fingerprint density at radius 2 is 0.835 bits per heavy atom. The van der Waals surface area contributed by atoms with Crippen LogP contribution in [0.1, 0.15) is 105 Å². The fourth-order valence-corrected chi connectivity index (χ4v) is 13.0. The van der Waals surface area contributed by atoms with Crippen molar-refractivity contribution in [1.82, 2.24) is 9.38 Å². The van der Waals surface area contributed by atoms with E-state index in [1.165, 1.54) is 27.7 Å². The van der Waals surface area contributed by atoms with Crippen molar-refractivity contribution >= 4 is 119 Å². The lowest BCUT2D eigenvalue weighted by atomic mass is 9.35. The molecule has 0 bridgehead atoms. The van der Waals surface area contributed by atoms with E-state index in [4.69, 9.17) is 9.40 Å². The van der Waals surface area contributed by atoms with E-state index >= 15 is 0 Å². The Balaban J connectivity index is 1.01. The fourth-order valence-electron chi connectivity index (χ4n) is 13.0. The molecule has 0 unspecified atom stereocenters. The second kappa shape index (κ2) is 19.7. The number of nitrogens with zero attached hydrogens (tertiary/aromatic N) is 6. The molecule has 0 saturated heterocycles. The Labute approximate surface area is 501 Å². The van der Waals surface area contributed by atoms with Crippen LogP contribution < -0.4 is 36.1 Å². The fraction of sp³-hybridized carbons (Fsp3) is 0.208. The zero-order chi connectivity index (χ0) is 58.9. The van der Waals surface area contributed by atoms with Crippen LogP contribution in [0.25, 0.3) is 27.6 Å². The zero-order valence-electron chi connectivity index (χ0n) is 51.0. The molecule has 0 saturated carbocycles. The van der Waals surface area contributed by atoms with Gasteiger partial charge in [0.15, 0.2) is 5.58 Å². The molecule has 0 amide bonds. The lowest BCUT2D eigenvalue weighted by Gasteiger charge is -2.42. The minimum absolute atomic E-state index is 0.00148. The molecule has 0 fully saturated rings. The van der Waals surface area contributed by atoms with Gasteiger partial charge in [-0.2, -0.15) is 0 Å². The average molecular weight is 1110 g/mol. The Kier molecular flexibility index (Phi) is 12.4. The average Bonchev–Trinajstić information content (AvgIpc) is 1.73. The van der Waals surface area contributed by atoms with Gasteiger partial charge in [0, 0.05) is 74.2 Å². The maximum atomic E-state index is 7.00. The summed E-state index contributed by atoms with van der Waals surface area (Å²) in [4.78, 5) is 15.6. The first-order chi connectivity index (χ1) is 40.7. The van der Waals surface area contributed by atoms with Crippen molar-refractivity contribution < 1.29 is 4.42 Å². The molecule has 12 aromatic rings. The molecule has 85 heavy (non-hydrogen) atoms. The van der Waals surface area contributed by atoms with Crippen LogP contribution in [0.3, 0.4) is 0 Å². The monoisotopic (exact) mass is 1110 g/mol. The molecule has 2 aliphatic rings. The van der Waals surface area contributed by atoms with E-state index in [9.17, 15) is 0 Å². The maximum absolute atomic E-state index is 7.00. The molecule has 8 heteroatoms. The van der Waals surface area contributed by atoms with Crippen LogP contribution in [-0.2, 0) is 21.7 Å². The van der Waals surface area contributed by atoms with Crippen LogP contribution in [-0.4, -0.2) is 16.1 Å². The summed E-state index contributed by atoms with van der Waals surface area (Å²) in [5.74, 6) is 1.01. The van der Waals surface area contributed by atoms with Crippen molar-refractivity contribution in [2.45, 2.75) is 105 Å². The minimum Gasteiger partial charge on any atom is -0.454 e. The van der Waals surface area contributed by atoms with Crippen LogP contribution in [0, 0.1) is 0 Å². The summed E-state index contributed by atoms with van der Waals surface area (Å²) < 4.78 is 9.31. The van der Waals surface area contributed by atoms with Gasteiger partial charge in [-0.1, -0.05) is 192 Å². The molecule has 5 heterocycles. The number of fused-ring (bicyclic) bond motifs is 9. The molecule has 0 spiro atoms. The largest absolute Gasteiger partial charge is 0.454 e. The number of aromatic nitrogens is 2. The first-order valence-electron chi connectivity index (χ1n) is 30.1. The van der Waals surface area contributed by atoms with Gasteiger partial charge in [-0.3, -0.25) is 9.30 Å². The smallest absolute Gasteiger partial charge is 0.277 e. The molecule has 420 valence electrons. The van der Waals surface area contributed by atoms with Gasteiger partial charge in [0.25, 0.3) is 6.71 Å². The van der Waals surface area contributed by atoms with E-state index in [2.05, 4.69) is 332 Å². The first kappa shape index (κ1) is 53.7. The van der Waals surface area contributed by atoms with Crippen molar-refractivity contribution in [3.63, 3.8) is 0 Å². The summed E-state index contributed by atoms with van der Waals surface area (Å²) in [7, 11) is 0. The topological polar surface area (TPSA) is 43.4 Å². The quantitative estimate of drug-likeness (QED) is 0.141. The predicted molar refractivity (Wildman–Crippen MR) is 361 cm³/mol. The molecule has 3 aromatic heterocycles. The number of furan rings is 1. The van der Waals surface area contributed by atoms with E-state index < -0.39 is 0 Å². The second-order valence-corrected chi connectivity index (χ2v) is 27.4. The first-order valence-corrected chi connectivity index (χ1v) is 30.1. The summed E-state index contributed by atoms with van der Waals surface area (Å²) in [5.41, 5.74) is 22.7. The highest BCUT2D eigenvalue weighted by Crippen LogP contribution is 2.49. The number of hydrogen-bond donors (Lipinski definition) is 0. The number of anilines is 12. The van der Waals surface area contributed by atoms with Gasteiger partial charge in [0.2, 0.25) is 0 Å². The molecule has 2 aliphatic heterocycles. The summed E-state index contributed by atoms with van der Waals surface area (Å²) in [6.45, 7) is 27.1. The highest BCUT2D eigenvalue weighted by atomic mass is 16.3. The van der Waals surface area contributed by atoms with Crippen molar-refractivity contribution in [1.29, 1.82) is 0 Å². The van der Waals surface area contributed by atoms with Crippen molar-refractivity contribution in [2.24, 2.45) is 0 Å². The van der Waals surface area contributed by atoms with E-state index in [1.54, 1.807) is 0 Å². The third-order valence-electron chi connectivity index (χ3n) is 17.6. The zero-order valence-corrected chi connectivity index (χ0v) is 51.0. The van der Waals surface area contributed by atoms with Gasteiger partial charge in [0.1, 0.15) is 17.0 Å². The van der Waals surface area contributed by atoms with Gasteiger partial charge in [0.05, 0.1) is 17.0 Å². The van der Waals surface area contributed by atoms with Crippen LogP contribution >= 0.6 is 0 Å². The normalized spacial score (nSPS) is 13.3. The number of hydrogen-bond acceptors (Lipinski definition) is 6. The van der Waals surface area contributed by atoms with Crippen molar-refractivity contribution in [2.75, 3.05) is 19.6 Å². The molecule has 0 radical (unpaired) electrons. The molecular weight excluding hydrogens is 1040 g/mol. The molecule has 14 rings (SSSR count). The third kappa shape index (κ3) is 9.16. The number of rotatable bonds is 8. The second-order valence-electron chi connectivity index (χ2n) is 27.4. The standard InChI is InChI=1S/C77H73BN6O/c1-74(2,3)50-28-36-55(37-29-50)81(56-38-30-51(31-39-56)75(4,5)6)59-44-45-63-67(48-59)84(66-26-18-23-62-61-22-16-17-27-68(61)85-71(62)66)65-25-19-24-64-70(65)78(63)72-73(83(64)54-20-14-13-15-21-54)80-47-46-60(49-69(80)79-72)82(57-40-32-52(33-41-57)76(7,8)9)58-42-34-53(35-43-58)77(10,11)12/h13-49H,1-12H3. The van der Waals surface area contributed by atoms with Gasteiger partial charge in [-0.25, -0.2) is 4.98 Å². The van der Waals surface area contributed by atoms with Crippen LogP contribution in [0.15, 0.2) is 229 Å². The number of imidazole rings is 1. The molecule has 0 atom stereocenters. The van der Waals surface area contributed by atoms with Crippen molar-refractivity contribution in [3.05, 3.63) is 247 Å². The maximum Gasteiger partial charge on any atom is 0.277 e. The Hall–Kier alpha value is -9.27. The van der Waals surface area contributed by atoms with E-state index in [0.717, 1.165) is 107 Å². The molecule has 0 N–H and O–H groups in total. The van der Waals surface area contributed by atoms with E-state index in [-0.39, 0.29) is 28.4 Å². The highest BCUT2D eigenvalue weighted by Gasteiger charge is 2.46. The van der Waals surface area contributed by atoms with Gasteiger partial charge >= 0.3 is 0 Å². The van der Waals surface area contributed by atoms with Crippen LogP contribution in [0.2, 0.25) is 0 Å². The lowest BCUT2D eigenvalue weighted by molar-refractivity contribution is 0.590. The summed E-state index contributed by atoms with van der Waals surface area (Å²) in [6, 6.07) is 80.7. The summed E-state index contributed by atoms with van der Waals surface area (Å²) >= 11 is 0. The molecule has 7 nitrogen and oxygen atoms in total. The lowest BCUT2D eigenvalue weighted by Crippen LogP contribution is -2.61.